The van der Waals surface area contributed by atoms with Crippen molar-refractivity contribution in [2.45, 2.75) is 32.2 Å². The highest BCUT2D eigenvalue weighted by molar-refractivity contribution is 6.33. The van der Waals surface area contributed by atoms with Crippen LogP contribution in [0.1, 0.15) is 24.8 Å². The molecule has 0 heterocycles. The Morgan fingerprint density at radius 1 is 1.35 bits per heavy atom. The van der Waals surface area contributed by atoms with Crippen molar-refractivity contribution in [2.24, 2.45) is 5.92 Å². The number of hydrogen-bond acceptors (Lipinski definition) is 2. The van der Waals surface area contributed by atoms with Crippen molar-refractivity contribution in [1.29, 1.82) is 0 Å². The Kier molecular flexibility index (Phi) is 4.49. The van der Waals surface area contributed by atoms with E-state index in [2.05, 4.69) is 10.6 Å². The van der Waals surface area contributed by atoms with Crippen LogP contribution in [-0.2, 0) is 4.79 Å². The summed E-state index contributed by atoms with van der Waals surface area (Å²) in [6.07, 6.45) is 2.10. The molecule has 0 aliphatic heterocycles. The van der Waals surface area contributed by atoms with E-state index >= 15 is 0 Å². The molecule has 20 heavy (non-hydrogen) atoms. The Morgan fingerprint density at radius 3 is 2.75 bits per heavy atom. The Hall–Kier alpha value is -1.75. The van der Waals surface area contributed by atoms with Crippen LogP contribution < -0.4 is 10.6 Å². The largest absolute Gasteiger partial charge is 0.481 e. The number of hydrogen-bond donors (Lipinski definition) is 3. The fraction of sp³-hybridized carbons (Fsp3) is 0.429. The Bertz CT molecular complexity index is 533. The molecule has 1 saturated carbocycles. The number of aryl methyl sites for hydroxylation is 1. The van der Waals surface area contributed by atoms with Crippen LogP contribution in [0.2, 0.25) is 5.02 Å². The number of halogens is 1. The molecule has 0 radical (unpaired) electrons. The number of carbonyl (C=O) groups excluding carboxylic acids is 1. The van der Waals surface area contributed by atoms with E-state index in [0.29, 0.717) is 23.6 Å². The van der Waals surface area contributed by atoms with Gasteiger partial charge < -0.3 is 15.7 Å². The number of anilines is 1. The summed E-state index contributed by atoms with van der Waals surface area (Å²) in [5.41, 5.74) is 1.52. The number of amides is 2. The quantitative estimate of drug-likeness (QED) is 0.802. The first-order chi connectivity index (χ1) is 9.47. The Morgan fingerprint density at radius 2 is 2.10 bits per heavy atom. The molecule has 0 saturated heterocycles. The van der Waals surface area contributed by atoms with Gasteiger partial charge in [-0.15, -0.1) is 0 Å². The van der Waals surface area contributed by atoms with Gasteiger partial charge in [0, 0.05) is 6.04 Å². The summed E-state index contributed by atoms with van der Waals surface area (Å²) in [5, 5.41) is 14.9. The first-order valence-electron chi connectivity index (χ1n) is 6.54. The van der Waals surface area contributed by atoms with Gasteiger partial charge in [-0.3, -0.25) is 4.79 Å². The molecular formula is C14H17ClN2O3. The minimum Gasteiger partial charge on any atom is -0.481 e. The topological polar surface area (TPSA) is 78.4 Å². The average molecular weight is 297 g/mol. The lowest BCUT2D eigenvalue weighted by Crippen LogP contribution is -2.42. The van der Waals surface area contributed by atoms with Crippen LogP contribution in [0.25, 0.3) is 0 Å². The number of urea groups is 1. The van der Waals surface area contributed by atoms with Crippen LogP contribution in [-0.4, -0.2) is 23.1 Å². The number of rotatable bonds is 3. The van der Waals surface area contributed by atoms with Gasteiger partial charge in [-0.25, -0.2) is 4.79 Å². The van der Waals surface area contributed by atoms with E-state index in [4.69, 9.17) is 16.7 Å². The molecule has 5 nitrogen and oxygen atoms in total. The lowest BCUT2D eigenvalue weighted by atomic mass is 10.0. The molecule has 1 aliphatic carbocycles. The molecule has 1 fully saturated rings. The van der Waals surface area contributed by atoms with Crippen LogP contribution in [0.4, 0.5) is 10.5 Å². The SMILES string of the molecule is Cc1ccc(NC(=O)NC2CCCC2C(=O)O)c(Cl)c1. The molecule has 0 spiro atoms. The second kappa shape index (κ2) is 6.13. The highest BCUT2D eigenvalue weighted by atomic mass is 35.5. The zero-order valence-corrected chi connectivity index (χ0v) is 11.9. The second-order valence-corrected chi connectivity index (χ2v) is 5.47. The van der Waals surface area contributed by atoms with Crippen molar-refractivity contribution >= 4 is 29.3 Å². The third kappa shape index (κ3) is 3.42. The van der Waals surface area contributed by atoms with E-state index in [9.17, 15) is 9.59 Å². The van der Waals surface area contributed by atoms with Crippen molar-refractivity contribution in [1.82, 2.24) is 5.32 Å². The van der Waals surface area contributed by atoms with E-state index in [0.717, 1.165) is 12.0 Å². The molecule has 1 aromatic carbocycles. The fourth-order valence-electron chi connectivity index (χ4n) is 2.48. The van der Waals surface area contributed by atoms with E-state index in [1.807, 2.05) is 13.0 Å². The molecule has 2 unspecified atom stereocenters. The maximum absolute atomic E-state index is 11.9. The minimum absolute atomic E-state index is 0.322. The zero-order chi connectivity index (χ0) is 14.7. The summed E-state index contributed by atoms with van der Waals surface area (Å²) in [4.78, 5) is 23.0. The molecule has 0 bridgehead atoms. The number of carbonyl (C=O) groups is 2. The Labute approximate surface area is 122 Å². The van der Waals surface area contributed by atoms with E-state index in [1.165, 1.54) is 0 Å². The minimum atomic E-state index is -0.860. The molecule has 3 N–H and O–H groups in total. The van der Waals surface area contributed by atoms with Gasteiger partial charge in [0.25, 0.3) is 0 Å². The lowest BCUT2D eigenvalue weighted by Gasteiger charge is -2.18. The van der Waals surface area contributed by atoms with E-state index < -0.39 is 17.9 Å². The zero-order valence-electron chi connectivity index (χ0n) is 11.1. The maximum Gasteiger partial charge on any atom is 0.319 e. The molecule has 1 aliphatic rings. The summed E-state index contributed by atoms with van der Waals surface area (Å²) in [5.74, 6) is -1.37. The molecule has 2 rings (SSSR count). The number of nitrogens with one attached hydrogen (secondary N) is 2. The highest BCUT2D eigenvalue weighted by Gasteiger charge is 2.33. The average Bonchev–Trinajstić information content (AvgIpc) is 2.81. The van der Waals surface area contributed by atoms with E-state index in [1.54, 1.807) is 12.1 Å². The number of aliphatic carboxylic acids is 1. The van der Waals surface area contributed by atoms with Crippen molar-refractivity contribution in [3.63, 3.8) is 0 Å². The van der Waals surface area contributed by atoms with Gasteiger partial charge in [-0.2, -0.15) is 0 Å². The second-order valence-electron chi connectivity index (χ2n) is 5.06. The van der Waals surface area contributed by atoms with Gasteiger partial charge in [-0.05, 0) is 37.5 Å². The van der Waals surface area contributed by atoms with Crippen LogP contribution in [0.5, 0.6) is 0 Å². The van der Waals surface area contributed by atoms with Gasteiger partial charge in [-0.1, -0.05) is 24.1 Å². The highest BCUT2D eigenvalue weighted by Crippen LogP contribution is 2.26. The van der Waals surface area contributed by atoms with Crippen LogP contribution in [0.15, 0.2) is 18.2 Å². The van der Waals surface area contributed by atoms with Gasteiger partial charge in [0.15, 0.2) is 0 Å². The smallest absolute Gasteiger partial charge is 0.319 e. The number of benzene rings is 1. The summed E-state index contributed by atoms with van der Waals surface area (Å²) < 4.78 is 0. The molecule has 1 aromatic rings. The molecule has 108 valence electrons. The fourth-order valence-corrected chi connectivity index (χ4v) is 2.76. The maximum atomic E-state index is 11.9. The lowest BCUT2D eigenvalue weighted by molar-refractivity contribution is -0.142. The molecule has 2 amide bonds. The van der Waals surface area contributed by atoms with Gasteiger partial charge in [0.2, 0.25) is 0 Å². The van der Waals surface area contributed by atoms with Gasteiger partial charge in [0.05, 0.1) is 16.6 Å². The van der Waals surface area contributed by atoms with Gasteiger partial charge in [0.1, 0.15) is 0 Å². The monoisotopic (exact) mass is 296 g/mol. The molecule has 6 heteroatoms. The first-order valence-corrected chi connectivity index (χ1v) is 6.91. The van der Waals surface area contributed by atoms with Crippen molar-refractivity contribution in [2.75, 3.05) is 5.32 Å². The molecule has 2 atom stereocenters. The summed E-state index contributed by atoms with van der Waals surface area (Å²) in [7, 11) is 0. The van der Waals surface area contributed by atoms with Crippen LogP contribution >= 0.6 is 11.6 Å². The third-order valence-electron chi connectivity index (χ3n) is 3.52. The summed E-state index contributed by atoms with van der Waals surface area (Å²) in [6, 6.07) is 4.58. The molecular weight excluding hydrogens is 280 g/mol. The van der Waals surface area contributed by atoms with Crippen molar-refractivity contribution in [3.05, 3.63) is 28.8 Å². The van der Waals surface area contributed by atoms with Gasteiger partial charge >= 0.3 is 12.0 Å². The number of carboxylic acid groups (broad SMARTS) is 1. The van der Waals surface area contributed by atoms with Crippen LogP contribution in [0, 0.1) is 12.8 Å². The predicted octanol–water partition coefficient (Wildman–Crippen LogP) is 3.02. The normalized spacial score (nSPS) is 21.5. The summed E-state index contributed by atoms with van der Waals surface area (Å²) in [6.45, 7) is 1.91. The first kappa shape index (κ1) is 14.7. The van der Waals surface area contributed by atoms with Crippen LogP contribution in [0.3, 0.4) is 0 Å². The number of carboxylic acids is 1. The summed E-state index contributed by atoms with van der Waals surface area (Å²) >= 11 is 6.03. The Balaban J connectivity index is 1.97. The molecule has 0 aromatic heterocycles. The van der Waals surface area contributed by atoms with Crippen molar-refractivity contribution in [3.8, 4) is 0 Å². The standard InChI is InChI=1S/C14H17ClN2O3/c1-8-5-6-12(10(15)7-8)17-14(20)16-11-4-2-3-9(11)13(18)19/h5-7,9,11H,2-4H2,1H3,(H,18,19)(H2,16,17,20). The third-order valence-corrected chi connectivity index (χ3v) is 3.84. The van der Waals surface area contributed by atoms with E-state index in [-0.39, 0.29) is 6.04 Å². The van der Waals surface area contributed by atoms with Crippen molar-refractivity contribution < 1.29 is 14.7 Å². The predicted molar refractivity (Wildman–Crippen MR) is 77.1 cm³/mol.